The fourth-order valence-electron chi connectivity index (χ4n) is 1.95. The topological polar surface area (TPSA) is 12.0 Å². The van der Waals surface area contributed by atoms with E-state index in [1.54, 1.807) is 0 Å². The average Bonchev–Trinajstić information content (AvgIpc) is 2.21. The SMILES string of the molecule is C1=CCC(NC2CC=CCC2)C=C1. The van der Waals surface area contributed by atoms with Crippen LogP contribution in [0.2, 0.25) is 0 Å². The first kappa shape index (κ1) is 8.76. The van der Waals surface area contributed by atoms with E-state index in [2.05, 4.69) is 41.8 Å². The molecular weight excluding hydrogens is 158 g/mol. The zero-order valence-corrected chi connectivity index (χ0v) is 7.95. The quantitative estimate of drug-likeness (QED) is 0.636. The molecule has 1 nitrogen and oxygen atoms in total. The summed E-state index contributed by atoms with van der Waals surface area (Å²) in [5.74, 6) is 0. The molecule has 0 fully saturated rings. The van der Waals surface area contributed by atoms with Crippen molar-refractivity contribution >= 4 is 0 Å². The van der Waals surface area contributed by atoms with E-state index < -0.39 is 0 Å². The van der Waals surface area contributed by atoms with Gasteiger partial charge in [0, 0.05) is 12.1 Å². The molecule has 0 heterocycles. The molecule has 0 aromatic carbocycles. The number of hydrogen-bond acceptors (Lipinski definition) is 1. The normalized spacial score (nSPS) is 32.3. The maximum Gasteiger partial charge on any atom is 0.0290 e. The van der Waals surface area contributed by atoms with Crippen LogP contribution in [0.5, 0.6) is 0 Å². The van der Waals surface area contributed by atoms with Crippen LogP contribution in [0, 0.1) is 0 Å². The average molecular weight is 175 g/mol. The fourth-order valence-corrected chi connectivity index (χ4v) is 1.95. The lowest BCUT2D eigenvalue weighted by Gasteiger charge is -2.24. The Morgan fingerprint density at radius 1 is 1.00 bits per heavy atom. The van der Waals surface area contributed by atoms with Gasteiger partial charge in [0.1, 0.15) is 0 Å². The minimum Gasteiger partial charge on any atom is -0.307 e. The zero-order valence-electron chi connectivity index (χ0n) is 7.95. The fraction of sp³-hybridized carbons (Fsp3) is 0.500. The first-order valence-corrected chi connectivity index (χ1v) is 5.19. The highest BCUT2D eigenvalue weighted by Gasteiger charge is 2.13. The van der Waals surface area contributed by atoms with Gasteiger partial charge in [-0.15, -0.1) is 0 Å². The third-order valence-electron chi connectivity index (χ3n) is 2.70. The lowest BCUT2D eigenvalue weighted by Crippen LogP contribution is -2.37. The van der Waals surface area contributed by atoms with Crippen molar-refractivity contribution in [2.24, 2.45) is 0 Å². The van der Waals surface area contributed by atoms with Gasteiger partial charge in [-0.2, -0.15) is 0 Å². The molecule has 70 valence electrons. The minimum atomic E-state index is 0.571. The van der Waals surface area contributed by atoms with Gasteiger partial charge in [-0.1, -0.05) is 36.5 Å². The third kappa shape index (κ3) is 2.56. The molecule has 0 saturated heterocycles. The molecule has 0 aromatic heterocycles. The molecule has 2 aliphatic rings. The van der Waals surface area contributed by atoms with Crippen LogP contribution in [0.3, 0.4) is 0 Å². The number of rotatable bonds is 2. The van der Waals surface area contributed by atoms with Crippen molar-refractivity contribution in [3.63, 3.8) is 0 Å². The van der Waals surface area contributed by atoms with Crippen molar-refractivity contribution < 1.29 is 0 Å². The molecular formula is C12H17N. The van der Waals surface area contributed by atoms with Gasteiger partial charge in [0.05, 0.1) is 0 Å². The van der Waals surface area contributed by atoms with Crippen molar-refractivity contribution in [3.05, 3.63) is 36.5 Å². The van der Waals surface area contributed by atoms with Crippen LogP contribution in [0.15, 0.2) is 36.5 Å². The van der Waals surface area contributed by atoms with Gasteiger partial charge in [0.25, 0.3) is 0 Å². The van der Waals surface area contributed by atoms with E-state index in [-0.39, 0.29) is 0 Å². The van der Waals surface area contributed by atoms with Crippen molar-refractivity contribution in [1.82, 2.24) is 5.32 Å². The Balaban J connectivity index is 1.80. The molecule has 0 bridgehead atoms. The summed E-state index contributed by atoms with van der Waals surface area (Å²) in [6, 6.07) is 1.27. The molecule has 2 unspecified atom stereocenters. The lowest BCUT2D eigenvalue weighted by atomic mass is 9.99. The van der Waals surface area contributed by atoms with Crippen LogP contribution in [-0.2, 0) is 0 Å². The van der Waals surface area contributed by atoms with Gasteiger partial charge in [-0.3, -0.25) is 0 Å². The number of nitrogens with one attached hydrogen (secondary N) is 1. The maximum absolute atomic E-state index is 3.67. The summed E-state index contributed by atoms with van der Waals surface area (Å²) >= 11 is 0. The molecule has 2 atom stereocenters. The Morgan fingerprint density at radius 3 is 2.69 bits per heavy atom. The molecule has 0 spiro atoms. The predicted molar refractivity (Wildman–Crippen MR) is 56.6 cm³/mol. The molecule has 1 heteroatoms. The standard InChI is InChI=1S/C12H17N/c1-3-7-11(8-4-1)13-12-9-5-2-6-10-12/h1-5,7,11-13H,6,8-10H2. The molecule has 2 aliphatic carbocycles. The van der Waals surface area contributed by atoms with Crippen LogP contribution >= 0.6 is 0 Å². The summed E-state index contributed by atoms with van der Waals surface area (Å²) in [5, 5.41) is 3.67. The van der Waals surface area contributed by atoms with E-state index >= 15 is 0 Å². The first-order valence-electron chi connectivity index (χ1n) is 5.19. The van der Waals surface area contributed by atoms with Crippen LogP contribution < -0.4 is 5.32 Å². The van der Waals surface area contributed by atoms with E-state index in [1.165, 1.54) is 19.3 Å². The predicted octanol–water partition coefficient (Wildman–Crippen LogP) is 2.57. The third-order valence-corrected chi connectivity index (χ3v) is 2.70. The summed E-state index contributed by atoms with van der Waals surface area (Å²) in [5.41, 5.74) is 0. The van der Waals surface area contributed by atoms with Gasteiger partial charge in [-0.25, -0.2) is 0 Å². The number of allylic oxidation sites excluding steroid dienone is 3. The molecule has 1 N–H and O–H groups in total. The number of hydrogen-bond donors (Lipinski definition) is 1. The van der Waals surface area contributed by atoms with Crippen molar-refractivity contribution in [2.45, 2.75) is 37.8 Å². The monoisotopic (exact) mass is 175 g/mol. The molecule has 13 heavy (non-hydrogen) atoms. The van der Waals surface area contributed by atoms with Crippen molar-refractivity contribution in [1.29, 1.82) is 0 Å². The summed E-state index contributed by atoms with van der Waals surface area (Å²) in [6.45, 7) is 0. The Hall–Kier alpha value is -0.820. The van der Waals surface area contributed by atoms with E-state index in [0.29, 0.717) is 12.1 Å². The molecule has 0 aliphatic heterocycles. The second-order valence-electron chi connectivity index (χ2n) is 3.80. The van der Waals surface area contributed by atoms with E-state index in [1.807, 2.05) is 0 Å². The molecule has 0 radical (unpaired) electrons. The summed E-state index contributed by atoms with van der Waals surface area (Å²) in [7, 11) is 0. The second-order valence-corrected chi connectivity index (χ2v) is 3.80. The smallest absolute Gasteiger partial charge is 0.0290 e. The first-order chi connectivity index (χ1) is 6.45. The van der Waals surface area contributed by atoms with Crippen LogP contribution in [0.4, 0.5) is 0 Å². The second kappa shape index (κ2) is 4.43. The zero-order chi connectivity index (χ0) is 8.93. The van der Waals surface area contributed by atoms with Gasteiger partial charge in [0.15, 0.2) is 0 Å². The van der Waals surface area contributed by atoms with Gasteiger partial charge < -0.3 is 5.32 Å². The molecule has 0 amide bonds. The summed E-state index contributed by atoms with van der Waals surface area (Å²) < 4.78 is 0. The Bertz CT molecular complexity index is 238. The van der Waals surface area contributed by atoms with E-state index in [9.17, 15) is 0 Å². The minimum absolute atomic E-state index is 0.571. The highest BCUT2D eigenvalue weighted by molar-refractivity contribution is 5.14. The maximum atomic E-state index is 3.67. The van der Waals surface area contributed by atoms with Gasteiger partial charge >= 0.3 is 0 Å². The Labute approximate surface area is 80.2 Å². The van der Waals surface area contributed by atoms with Crippen molar-refractivity contribution in [2.75, 3.05) is 0 Å². The van der Waals surface area contributed by atoms with Crippen LogP contribution in [0.1, 0.15) is 25.7 Å². The van der Waals surface area contributed by atoms with Crippen LogP contribution in [0.25, 0.3) is 0 Å². The lowest BCUT2D eigenvalue weighted by molar-refractivity contribution is 0.439. The summed E-state index contributed by atoms with van der Waals surface area (Å²) in [4.78, 5) is 0. The van der Waals surface area contributed by atoms with E-state index in [4.69, 9.17) is 0 Å². The summed E-state index contributed by atoms with van der Waals surface area (Å²) in [6.07, 6.45) is 18.2. The Kier molecular flexibility index (Phi) is 2.98. The molecule has 0 aromatic rings. The van der Waals surface area contributed by atoms with Crippen LogP contribution in [-0.4, -0.2) is 12.1 Å². The molecule has 0 saturated carbocycles. The Morgan fingerprint density at radius 2 is 2.00 bits per heavy atom. The highest BCUT2D eigenvalue weighted by Crippen LogP contribution is 2.13. The van der Waals surface area contributed by atoms with E-state index in [0.717, 1.165) is 6.42 Å². The highest BCUT2D eigenvalue weighted by atomic mass is 14.9. The van der Waals surface area contributed by atoms with Gasteiger partial charge in [-0.05, 0) is 25.7 Å². The van der Waals surface area contributed by atoms with Crippen molar-refractivity contribution in [3.8, 4) is 0 Å². The molecule has 2 rings (SSSR count). The largest absolute Gasteiger partial charge is 0.307 e. The van der Waals surface area contributed by atoms with Gasteiger partial charge in [0.2, 0.25) is 0 Å².